The molecule has 1 aliphatic heterocycles. The van der Waals surface area contributed by atoms with Crippen molar-refractivity contribution in [3.63, 3.8) is 0 Å². The van der Waals surface area contributed by atoms with E-state index in [-0.39, 0.29) is 12.1 Å². The summed E-state index contributed by atoms with van der Waals surface area (Å²) in [5.74, 6) is 0.274. The molecular formula is C30H58O4. The second-order valence-corrected chi connectivity index (χ2v) is 10.6. The summed E-state index contributed by atoms with van der Waals surface area (Å²) in [6.07, 6.45) is 27.1. The van der Waals surface area contributed by atoms with Crippen molar-refractivity contribution in [3.8, 4) is 0 Å². The lowest BCUT2D eigenvalue weighted by atomic mass is 10.0. The van der Waals surface area contributed by atoms with Crippen LogP contribution < -0.4 is 0 Å². The lowest BCUT2D eigenvalue weighted by molar-refractivity contribution is -0.145. The summed E-state index contributed by atoms with van der Waals surface area (Å²) in [5, 5.41) is 0. The van der Waals surface area contributed by atoms with E-state index in [4.69, 9.17) is 14.2 Å². The monoisotopic (exact) mass is 482 g/mol. The highest BCUT2D eigenvalue weighted by atomic mass is 16.5. The third-order valence-electron chi connectivity index (χ3n) is 7.07. The third-order valence-corrected chi connectivity index (χ3v) is 7.07. The average Bonchev–Trinajstić information content (AvgIpc) is 3.30. The quantitative estimate of drug-likeness (QED) is 0.0963. The molecule has 0 radical (unpaired) electrons. The van der Waals surface area contributed by atoms with Crippen LogP contribution >= 0.6 is 0 Å². The van der Waals surface area contributed by atoms with Crippen LogP contribution in [0, 0.1) is 5.92 Å². The van der Waals surface area contributed by atoms with Crippen LogP contribution in [-0.4, -0.2) is 38.5 Å². The molecule has 1 rings (SSSR count). The molecule has 0 aliphatic carbocycles. The van der Waals surface area contributed by atoms with Gasteiger partial charge in [0.2, 0.25) is 0 Å². The fraction of sp³-hybridized carbons (Fsp3) is 0.967. The van der Waals surface area contributed by atoms with Gasteiger partial charge >= 0.3 is 5.97 Å². The first kappa shape index (κ1) is 31.4. The van der Waals surface area contributed by atoms with Gasteiger partial charge in [0.05, 0.1) is 25.9 Å². The van der Waals surface area contributed by atoms with E-state index in [1.54, 1.807) is 0 Å². The number of unbranched alkanes of at least 4 members (excludes halogenated alkanes) is 17. The topological polar surface area (TPSA) is 44.8 Å². The van der Waals surface area contributed by atoms with Crippen LogP contribution in [-0.2, 0) is 19.0 Å². The maximum atomic E-state index is 11.7. The molecule has 0 aromatic heterocycles. The Balaban J connectivity index is 1.77. The van der Waals surface area contributed by atoms with E-state index in [2.05, 4.69) is 13.8 Å². The number of esters is 1. The first-order valence-electron chi connectivity index (χ1n) is 15.1. The molecule has 0 saturated carbocycles. The van der Waals surface area contributed by atoms with Crippen molar-refractivity contribution in [2.45, 2.75) is 155 Å². The van der Waals surface area contributed by atoms with Gasteiger partial charge in [-0.25, -0.2) is 0 Å². The summed E-state index contributed by atoms with van der Waals surface area (Å²) < 4.78 is 17.1. The van der Waals surface area contributed by atoms with Gasteiger partial charge in [-0.1, -0.05) is 123 Å². The molecule has 1 heterocycles. The molecular weight excluding hydrogens is 424 g/mol. The van der Waals surface area contributed by atoms with Gasteiger partial charge in [-0.05, 0) is 19.3 Å². The van der Waals surface area contributed by atoms with Gasteiger partial charge in [0.1, 0.15) is 0 Å². The highest BCUT2D eigenvalue weighted by Gasteiger charge is 2.26. The Kier molecular flexibility index (Phi) is 22.3. The Morgan fingerprint density at radius 1 is 0.676 bits per heavy atom. The molecule has 202 valence electrons. The summed E-state index contributed by atoms with van der Waals surface area (Å²) in [6, 6.07) is 0. The zero-order valence-corrected chi connectivity index (χ0v) is 23.0. The smallest absolute Gasteiger partial charge is 0.305 e. The van der Waals surface area contributed by atoms with E-state index in [9.17, 15) is 4.79 Å². The molecule has 4 nitrogen and oxygen atoms in total. The van der Waals surface area contributed by atoms with Crippen LogP contribution in [0.15, 0.2) is 0 Å². The summed E-state index contributed by atoms with van der Waals surface area (Å²) in [7, 11) is 0. The molecule has 0 aromatic rings. The minimum atomic E-state index is -0.0587. The number of ether oxygens (including phenoxy) is 3. The highest BCUT2D eigenvalue weighted by Crippen LogP contribution is 2.21. The van der Waals surface area contributed by atoms with Crippen LogP contribution in [0.2, 0.25) is 0 Å². The Morgan fingerprint density at radius 2 is 1.18 bits per heavy atom. The first-order chi connectivity index (χ1) is 16.8. The third kappa shape index (κ3) is 19.7. The van der Waals surface area contributed by atoms with Gasteiger partial charge in [0.25, 0.3) is 0 Å². The Hall–Kier alpha value is -0.610. The number of hydrogen-bond acceptors (Lipinski definition) is 4. The van der Waals surface area contributed by atoms with E-state index >= 15 is 0 Å². The number of hydrogen-bond donors (Lipinski definition) is 0. The second kappa shape index (κ2) is 24.1. The summed E-state index contributed by atoms with van der Waals surface area (Å²) in [6.45, 7) is 7.14. The number of carbonyl (C=O) groups is 1. The molecule has 4 heteroatoms. The van der Waals surface area contributed by atoms with Crippen LogP contribution in [0.1, 0.15) is 149 Å². The molecule has 2 unspecified atom stereocenters. The van der Waals surface area contributed by atoms with E-state index in [1.165, 1.54) is 96.3 Å². The van der Waals surface area contributed by atoms with Crippen LogP contribution in [0.25, 0.3) is 0 Å². The van der Waals surface area contributed by atoms with Crippen molar-refractivity contribution < 1.29 is 19.0 Å². The van der Waals surface area contributed by atoms with Crippen molar-refractivity contribution in [1.29, 1.82) is 0 Å². The molecule has 1 aliphatic rings. The Labute approximate surface area is 212 Å². The number of rotatable bonds is 25. The van der Waals surface area contributed by atoms with Gasteiger partial charge in [-0.15, -0.1) is 0 Å². The Morgan fingerprint density at radius 3 is 1.74 bits per heavy atom. The van der Waals surface area contributed by atoms with E-state index in [1.807, 2.05) is 0 Å². The first-order valence-corrected chi connectivity index (χ1v) is 15.1. The van der Waals surface area contributed by atoms with Crippen LogP contribution in [0.3, 0.4) is 0 Å². The van der Waals surface area contributed by atoms with Crippen LogP contribution in [0.5, 0.6) is 0 Å². The van der Waals surface area contributed by atoms with Gasteiger partial charge in [0, 0.05) is 18.9 Å². The molecule has 0 N–H and O–H groups in total. The standard InChI is InChI=1S/C30H58O4/c1-3-5-7-8-9-10-11-12-13-14-15-16-17-18-19-21-23-32-27-29-24-28(25-33-29)26-34-30(31)22-20-6-4-2/h28-29H,3-27H2,1-2H3. The van der Waals surface area contributed by atoms with Gasteiger partial charge in [0.15, 0.2) is 0 Å². The van der Waals surface area contributed by atoms with E-state index in [0.717, 1.165) is 38.7 Å². The largest absolute Gasteiger partial charge is 0.465 e. The zero-order chi connectivity index (χ0) is 24.5. The average molecular weight is 483 g/mol. The predicted octanol–water partition coefficient (Wildman–Crippen LogP) is 8.79. The summed E-state index contributed by atoms with van der Waals surface area (Å²) in [4.78, 5) is 11.7. The SMILES string of the molecule is CCCCCCCCCCCCCCCCCCOCC1CC(COC(=O)CCCCC)CO1. The number of carbonyl (C=O) groups excluding carboxylic acids is 1. The predicted molar refractivity (Wildman–Crippen MR) is 143 cm³/mol. The van der Waals surface area contributed by atoms with Crippen molar-refractivity contribution >= 4 is 5.97 Å². The highest BCUT2D eigenvalue weighted by molar-refractivity contribution is 5.69. The van der Waals surface area contributed by atoms with Crippen LogP contribution in [0.4, 0.5) is 0 Å². The molecule has 2 atom stereocenters. The van der Waals surface area contributed by atoms with Crippen molar-refractivity contribution in [2.24, 2.45) is 5.92 Å². The maximum Gasteiger partial charge on any atom is 0.305 e. The lowest BCUT2D eigenvalue weighted by Gasteiger charge is -2.11. The summed E-state index contributed by atoms with van der Waals surface area (Å²) >= 11 is 0. The summed E-state index contributed by atoms with van der Waals surface area (Å²) in [5.41, 5.74) is 0. The Bertz CT molecular complexity index is 440. The fourth-order valence-electron chi connectivity index (χ4n) is 4.78. The van der Waals surface area contributed by atoms with E-state index < -0.39 is 0 Å². The minimum Gasteiger partial charge on any atom is -0.465 e. The normalized spacial score (nSPS) is 17.9. The minimum absolute atomic E-state index is 0.0587. The molecule has 1 fully saturated rings. The van der Waals surface area contributed by atoms with Gasteiger partial charge < -0.3 is 14.2 Å². The van der Waals surface area contributed by atoms with Crippen molar-refractivity contribution in [3.05, 3.63) is 0 Å². The molecule has 1 saturated heterocycles. The second-order valence-electron chi connectivity index (χ2n) is 10.6. The maximum absolute atomic E-state index is 11.7. The fourth-order valence-corrected chi connectivity index (χ4v) is 4.78. The molecule has 0 spiro atoms. The van der Waals surface area contributed by atoms with Crippen molar-refractivity contribution in [1.82, 2.24) is 0 Å². The molecule has 34 heavy (non-hydrogen) atoms. The van der Waals surface area contributed by atoms with Gasteiger partial charge in [-0.3, -0.25) is 4.79 Å². The molecule has 0 aromatic carbocycles. The van der Waals surface area contributed by atoms with Gasteiger partial charge in [-0.2, -0.15) is 0 Å². The van der Waals surface area contributed by atoms with Crippen molar-refractivity contribution in [2.75, 3.05) is 26.4 Å². The lowest BCUT2D eigenvalue weighted by Crippen LogP contribution is -2.16. The van der Waals surface area contributed by atoms with E-state index in [0.29, 0.717) is 32.2 Å². The molecule has 0 amide bonds. The zero-order valence-electron chi connectivity index (χ0n) is 23.0. The molecule has 0 bridgehead atoms.